The van der Waals surface area contributed by atoms with Crippen LogP contribution in [0, 0.1) is 13.8 Å². The summed E-state index contributed by atoms with van der Waals surface area (Å²) in [5.41, 5.74) is 4.41. The number of fused-ring (bicyclic) bond motifs is 1. The number of para-hydroxylation sites is 1. The van der Waals surface area contributed by atoms with Gasteiger partial charge >= 0.3 is 6.18 Å². The van der Waals surface area contributed by atoms with E-state index in [0.717, 1.165) is 61.5 Å². The first-order chi connectivity index (χ1) is 18.7. The van der Waals surface area contributed by atoms with Gasteiger partial charge < -0.3 is 10.1 Å². The quantitative estimate of drug-likeness (QED) is 0.269. The van der Waals surface area contributed by atoms with Crippen LogP contribution in [0.5, 0.6) is 5.75 Å². The number of piperazine rings is 1. The molecular formula is C31H33F3N4O. The predicted octanol–water partition coefficient (Wildman–Crippen LogP) is 6.81. The van der Waals surface area contributed by atoms with Crippen LogP contribution in [0.25, 0.3) is 10.9 Å². The Morgan fingerprint density at radius 1 is 0.872 bits per heavy atom. The molecule has 1 N–H and O–H groups in total. The van der Waals surface area contributed by atoms with Crippen molar-refractivity contribution in [2.24, 2.45) is 0 Å². The molecule has 0 unspecified atom stereocenters. The third-order valence-corrected chi connectivity index (χ3v) is 6.99. The number of ether oxygens (including phenoxy) is 1. The molecule has 5 rings (SSSR count). The largest absolute Gasteiger partial charge is 0.492 e. The molecule has 1 aliphatic rings. The maximum atomic E-state index is 13.7. The maximum Gasteiger partial charge on any atom is 0.416 e. The topological polar surface area (TPSA) is 40.6 Å². The van der Waals surface area contributed by atoms with Gasteiger partial charge in [-0.05, 0) is 43.7 Å². The van der Waals surface area contributed by atoms with Crippen LogP contribution in [-0.2, 0) is 12.7 Å². The van der Waals surface area contributed by atoms with Crippen molar-refractivity contribution in [1.29, 1.82) is 0 Å². The highest BCUT2D eigenvalue weighted by Crippen LogP contribution is 2.36. The molecule has 0 amide bonds. The Balaban J connectivity index is 1.21. The van der Waals surface area contributed by atoms with Crippen LogP contribution in [0.15, 0.2) is 72.8 Å². The summed E-state index contributed by atoms with van der Waals surface area (Å²) in [4.78, 5) is 9.24. The Morgan fingerprint density at radius 2 is 1.64 bits per heavy atom. The lowest BCUT2D eigenvalue weighted by Crippen LogP contribution is -2.47. The molecular weight excluding hydrogens is 501 g/mol. The Bertz CT molecular complexity index is 1430. The van der Waals surface area contributed by atoms with E-state index in [1.807, 2.05) is 37.3 Å². The van der Waals surface area contributed by atoms with Crippen molar-refractivity contribution in [3.05, 3.63) is 95.2 Å². The number of alkyl halides is 3. The number of nitrogens with zero attached hydrogens (tertiary/aromatic N) is 3. The molecule has 0 atom stereocenters. The number of halogens is 3. The van der Waals surface area contributed by atoms with Gasteiger partial charge in [-0.2, -0.15) is 13.2 Å². The molecule has 1 saturated heterocycles. The number of anilines is 2. The monoisotopic (exact) mass is 534 g/mol. The van der Waals surface area contributed by atoms with E-state index in [1.165, 1.54) is 11.1 Å². The minimum atomic E-state index is -4.49. The molecule has 5 nitrogen and oxygen atoms in total. The molecule has 8 heteroatoms. The van der Waals surface area contributed by atoms with Gasteiger partial charge in [-0.1, -0.05) is 48.0 Å². The second-order valence-electron chi connectivity index (χ2n) is 10.2. The van der Waals surface area contributed by atoms with Gasteiger partial charge in [0.2, 0.25) is 0 Å². The van der Waals surface area contributed by atoms with E-state index in [2.05, 4.69) is 51.3 Å². The zero-order valence-electron chi connectivity index (χ0n) is 22.3. The number of aryl methyl sites for hydroxylation is 2. The van der Waals surface area contributed by atoms with Crippen molar-refractivity contribution in [2.45, 2.75) is 26.6 Å². The molecule has 0 bridgehead atoms. The van der Waals surface area contributed by atoms with E-state index in [4.69, 9.17) is 4.74 Å². The third kappa shape index (κ3) is 7.07. The fourth-order valence-electron chi connectivity index (χ4n) is 5.02. The van der Waals surface area contributed by atoms with Crippen LogP contribution >= 0.6 is 0 Å². The van der Waals surface area contributed by atoms with Gasteiger partial charge in [0.05, 0.1) is 11.1 Å². The minimum absolute atomic E-state index is 0.195. The number of benzene rings is 3. The molecule has 39 heavy (non-hydrogen) atoms. The van der Waals surface area contributed by atoms with Crippen LogP contribution in [-0.4, -0.2) is 54.1 Å². The molecule has 0 aliphatic carbocycles. The minimum Gasteiger partial charge on any atom is -0.492 e. The first-order valence-corrected chi connectivity index (χ1v) is 13.2. The molecule has 0 saturated carbocycles. The average Bonchev–Trinajstić information content (AvgIpc) is 2.89. The molecule has 3 aromatic carbocycles. The van der Waals surface area contributed by atoms with Crippen molar-refractivity contribution in [2.75, 3.05) is 44.6 Å². The van der Waals surface area contributed by atoms with Gasteiger partial charge in [-0.3, -0.25) is 14.8 Å². The Morgan fingerprint density at radius 3 is 2.41 bits per heavy atom. The lowest BCUT2D eigenvalue weighted by atomic mass is 10.1. The fourth-order valence-corrected chi connectivity index (χ4v) is 5.02. The number of hydrogen-bond donors (Lipinski definition) is 1. The van der Waals surface area contributed by atoms with Gasteiger partial charge in [-0.25, -0.2) is 0 Å². The molecule has 0 spiro atoms. The van der Waals surface area contributed by atoms with Crippen LogP contribution in [0.3, 0.4) is 0 Å². The summed E-state index contributed by atoms with van der Waals surface area (Å²) in [5.74, 6) is 0.195. The van der Waals surface area contributed by atoms with E-state index in [1.54, 1.807) is 6.07 Å². The third-order valence-electron chi connectivity index (χ3n) is 6.99. The lowest BCUT2D eigenvalue weighted by Gasteiger charge is -2.34. The van der Waals surface area contributed by atoms with Gasteiger partial charge in [0.15, 0.2) is 0 Å². The normalized spacial score (nSPS) is 15.0. The molecule has 1 aliphatic heterocycles. The molecule has 0 radical (unpaired) electrons. The number of pyridine rings is 1. The van der Waals surface area contributed by atoms with E-state index in [0.29, 0.717) is 24.5 Å². The van der Waals surface area contributed by atoms with Crippen LogP contribution in [0.2, 0.25) is 0 Å². The van der Waals surface area contributed by atoms with Gasteiger partial charge in [0.1, 0.15) is 12.4 Å². The molecule has 1 aromatic heterocycles. The van der Waals surface area contributed by atoms with E-state index in [9.17, 15) is 13.2 Å². The Hall–Kier alpha value is -3.62. The summed E-state index contributed by atoms with van der Waals surface area (Å²) >= 11 is 0. The van der Waals surface area contributed by atoms with E-state index in [-0.39, 0.29) is 5.75 Å². The number of aromatic nitrogens is 1. The number of rotatable bonds is 8. The second-order valence-corrected chi connectivity index (χ2v) is 10.2. The van der Waals surface area contributed by atoms with E-state index >= 15 is 0 Å². The molecule has 2 heterocycles. The predicted molar refractivity (Wildman–Crippen MR) is 150 cm³/mol. The van der Waals surface area contributed by atoms with Crippen molar-refractivity contribution in [3.8, 4) is 5.75 Å². The van der Waals surface area contributed by atoms with Gasteiger partial charge in [-0.15, -0.1) is 0 Å². The zero-order valence-corrected chi connectivity index (χ0v) is 22.3. The Kier molecular flexibility index (Phi) is 8.04. The number of hydrogen-bond acceptors (Lipinski definition) is 5. The SMILES string of the molecule is Cc1cccc(CN2CCN(CCOc3cc(Nc4cc(C)nc5ccccc45)cc(C(F)(F)F)c3)CC2)c1. The van der Waals surface area contributed by atoms with E-state index < -0.39 is 11.7 Å². The first kappa shape index (κ1) is 27.0. The summed E-state index contributed by atoms with van der Waals surface area (Å²) in [6.45, 7) is 9.57. The lowest BCUT2D eigenvalue weighted by molar-refractivity contribution is -0.137. The highest BCUT2D eigenvalue weighted by Gasteiger charge is 2.31. The highest BCUT2D eigenvalue weighted by molar-refractivity contribution is 5.93. The van der Waals surface area contributed by atoms with Crippen molar-refractivity contribution in [1.82, 2.24) is 14.8 Å². The van der Waals surface area contributed by atoms with Crippen molar-refractivity contribution < 1.29 is 17.9 Å². The number of nitrogens with one attached hydrogen (secondary N) is 1. The van der Waals surface area contributed by atoms with Crippen LogP contribution in [0.1, 0.15) is 22.4 Å². The Labute approximate surface area is 227 Å². The summed E-state index contributed by atoms with van der Waals surface area (Å²) < 4.78 is 47.0. The molecule has 204 valence electrons. The highest BCUT2D eigenvalue weighted by atomic mass is 19.4. The molecule has 1 fully saturated rings. The first-order valence-electron chi connectivity index (χ1n) is 13.2. The smallest absolute Gasteiger partial charge is 0.416 e. The van der Waals surface area contributed by atoms with Gasteiger partial charge in [0, 0.05) is 67.8 Å². The summed E-state index contributed by atoms with van der Waals surface area (Å²) in [5, 5.41) is 4.01. The standard InChI is InChI=1S/C31H33F3N4O/c1-22-6-5-7-24(16-22)21-38-12-10-37(11-13-38)14-15-39-27-19-25(31(32,33)34)18-26(20-27)36-30-17-23(2)35-29-9-4-3-8-28(29)30/h3-9,16-20H,10-15,21H2,1-2H3,(H,35,36). The molecule has 4 aromatic rings. The summed E-state index contributed by atoms with van der Waals surface area (Å²) in [6, 6.07) is 21.8. The van der Waals surface area contributed by atoms with Crippen LogP contribution < -0.4 is 10.1 Å². The zero-order chi connectivity index (χ0) is 27.4. The van der Waals surface area contributed by atoms with Gasteiger partial charge in [0.25, 0.3) is 0 Å². The fraction of sp³-hybridized carbons (Fsp3) is 0.323. The second kappa shape index (κ2) is 11.6. The van der Waals surface area contributed by atoms with Crippen molar-refractivity contribution >= 4 is 22.3 Å². The van der Waals surface area contributed by atoms with Crippen LogP contribution in [0.4, 0.5) is 24.5 Å². The summed E-state index contributed by atoms with van der Waals surface area (Å²) in [7, 11) is 0. The maximum absolute atomic E-state index is 13.7. The summed E-state index contributed by atoms with van der Waals surface area (Å²) in [6.07, 6.45) is -4.49. The van der Waals surface area contributed by atoms with Crippen molar-refractivity contribution in [3.63, 3.8) is 0 Å². The average molecular weight is 535 g/mol.